The van der Waals surface area contributed by atoms with E-state index in [0.717, 1.165) is 5.01 Å². The van der Waals surface area contributed by atoms with Crippen molar-refractivity contribution in [1.82, 2.24) is 15.2 Å². The minimum atomic E-state index is -1.00. The van der Waals surface area contributed by atoms with Gasteiger partial charge in [0, 0.05) is 44.1 Å². The van der Waals surface area contributed by atoms with Gasteiger partial charge in [-0.25, -0.2) is 14.6 Å². The Morgan fingerprint density at radius 1 is 1.67 bits per heavy atom. The molecule has 1 aromatic rings. The van der Waals surface area contributed by atoms with Gasteiger partial charge in [-0.15, -0.1) is 11.3 Å². The topological polar surface area (TPSA) is 91.8 Å². The van der Waals surface area contributed by atoms with Gasteiger partial charge in [0.25, 0.3) is 0 Å². The molecule has 0 aliphatic carbocycles. The van der Waals surface area contributed by atoms with Crippen molar-refractivity contribution < 1.29 is 19.4 Å². The number of amides is 2. The molecule has 3 atom stereocenters. The fourth-order valence-corrected chi connectivity index (χ4v) is 3.03. The van der Waals surface area contributed by atoms with Crippen LogP contribution in [0, 0.1) is 0 Å². The molecule has 3 unspecified atom stereocenters. The van der Waals surface area contributed by atoms with Crippen LogP contribution in [0.1, 0.15) is 24.3 Å². The molecule has 2 N–H and O–H groups in total. The summed E-state index contributed by atoms with van der Waals surface area (Å²) in [5, 5.41) is 14.8. The Labute approximate surface area is 126 Å². The first kappa shape index (κ1) is 15.7. The van der Waals surface area contributed by atoms with Gasteiger partial charge in [0.2, 0.25) is 0 Å². The number of rotatable bonds is 5. The van der Waals surface area contributed by atoms with Gasteiger partial charge in [0.1, 0.15) is 6.04 Å². The van der Waals surface area contributed by atoms with Gasteiger partial charge in [-0.2, -0.15) is 0 Å². The quantitative estimate of drug-likeness (QED) is 0.850. The molecule has 1 saturated heterocycles. The number of carbonyl (C=O) groups excluding carboxylic acids is 1. The van der Waals surface area contributed by atoms with Crippen molar-refractivity contribution in [3.8, 4) is 0 Å². The Morgan fingerprint density at radius 2 is 2.43 bits per heavy atom. The molecule has 21 heavy (non-hydrogen) atoms. The highest BCUT2D eigenvalue weighted by Gasteiger charge is 2.39. The van der Waals surface area contributed by atoms with Gasteiger partial charge in [0.15, 0.2) is 0 Å². The van der Waals surface area contributed by atoms with Crippen molar-refractivity contribution in [2.45, 2.75) is 31.4 Å². The molecule has 8 heteroatoms. The first-order valence-electron chi connectivity index (χ1n) is 6.72. The number of ether oxygens (including phenoxy) is 1. The van der Waals surface area contributed by atoms with E-state index in [4.69, 9.17) is 4.74 Å². The monoisotopic (exact) mass is 313 g/mol. The molecule has 1 aliphatic heterocycles. The summed E-state index contributed by atoms with van der Waals surface area (Å²) >= 11 is 1.53. The number of urea groups is 1. The van der Waals surface area contributed by atoms with Gasteiger partial charge in [0.05, 0.1) is 11.1 Å². The number of nitrogens with zero attached hydrogens (tertiary/aromatic N) is 2. The molecule has 0 bridgehead atoms. The summed E-state index contributed by atoms with van der Waals surface area (Å²) in [6, 6.07) is -1.20. The van der Waals surface area contributed by atoms with E-state index in [-0.39, 0.29) is 18.1 Å². The van der Waals surface area contributed by atoms with Crippen LogP contribution in [0.25, 0.3) is 0 Å². The van der Waals surface area contributed by atoms with Gasteiger partial charge in [-0.1, -0.05) is 6.92 Å². The fraction of sp³-hybridized carbons (Fsp3) is 0.615. The van der Waals surface area contributed by atoms with Crippen LogP contribution in [0.15, 0.2) is 11.6 Å². The van der Waals surface area contributed by atoms with Crippen molar-refractivity contribution in [2.75, 3.05) is 20.2 Å². The van der Waals surface area contributed by atoms with Crippen LogP contribution in [0.4, 0.5) is 4.79 Å². The number of nitrogens with one attached hydrogen (secondary N) is 1. The fourth-order valence-electron chi connectivity index (χ4n) is 2.33. The highest BCUT2D eigenvalue weighted by Crippen LogP contribution is 2.21. The standard InChI is InChI=1S/C13H19N3O4S/c1-8(11-14-3-4-21-11)6-15-13(19)16-7-9(20-2)5-10(16)12(17)18/h3-4,8-10H,5-7H2,1-2H3,(H,15,19)(H,17,18). The predicted molar refractivity (Wildman–Crippen MR) is 77.5 cm³/mol. The summed E-state index contributed by atoms with van der Waals surface area (Å²) in [6.45, 7) is 2.69. The first-order chi connectivity index (χ1) is 10.0. The van der Waals surface area contributed by atoms with Crippen LogP contribution in [0.5, 0.6) is 0 Å². The Morgan fingerprint density at radius 3 is 3.00 bits per heavy atom. The maximum atomic E-state index is 12.2. The summed E-state index contributed by atoms with van der Waals surface area (Å²) in [7, 11) is 1.52. The average Bonchev–Trinajstić information content (AvgIpc) is 3.12. The lowest BCUT2D eigenvalue weighted by Gasteiger charge is -2.22. The maximum absolute atomic E-state index is 12.2. The largest absolute Gasteiger partial charge is 0.480 e. The number of carboxylic acids is 1. The molecular formula is C13H19N3O4S. The van der Waals surface area contributed by atoms with E-state index in [1.54, 1.807) is 6.20 Å². The summed E-state index contributed by atoms with van der Waals surface area (Å²) < 4.78 is 5.16. The van der Waals surface area contributed by atoms with Crippen molar-refractivity contribution in [1.29, 1.82) is 0 Å². The Hall–Kier alpha value is -1.67. The summed E-state index contributed by atoms with van der Waals surface area (Å²) in [6.07, 6.45) is 1.82. The highest BCUT2D eigenvalue weighted by molar-refractivity contribution is 7.09. The highest BCUT2D eigenvalue weighted by atomic mass is 32.1. The molecular weight excluding hydrogens is 294 g/mol. The molecule has 7 nitrogen and oxygen atoms in total. The molecule has 1 fully saturated rings. The zero-order valence-corrected chi connectivity index (χ0v) is 12.8. The van der Waals surface area contributed by atoms with Crippen molar-refractivity contribution >= 4 is 23.3 Å². The van der Waals surface area contributed by atoms with Gasteiger partial charge >= 0.3 is 12.0 Å². The lowest BCUT2D eigenvalue weighted by atomic mass is 10.2. The van der Waals surface area contributed by atoms with Gasteiger partial charge in [-0.3, -0.25) is 0 Å². The van der Waals surface area contributed by atoms with E-state index in [0.29, 0.717) is 19.5 Å². The number of aliphatic carboxylic acids is 1. The molecule has 2 heterocycles. The number of likely N-dealkylation sites (tertiary alicyclic amines) is 1. The first-order valence-corrected chi connectivity index (χ1v) is 7.60. The zero-order chi connectivity index (χ0) is 15.4. The molecule has 2 amide bonds. The van der Waals surface area contributed by atoms with Crippen LogP contribution in [-0.2, 0) is 9.53 Å². The summed E-state index contributed by atoms with van der Waals surface area (Å²) in [5.41, 5.74) is 0. The second-order valence-corrected chi connectivity index (χ2v) is 5.98. The minimum Gasteiger partial charge on any atom is -0.480 e. The van der Waals surface area contributed by atoms with Crippen LogP contribution in [0.3, 0.4) is 0 Å². The van der Waals surface area contributed by atoms with Gasteiger partial charge in [-0.05, 0) is 0 Å². The molecule has 0 radical (unpaired) electrons. The number of hydrogen-bond donors (Lipinski definition) is 2. The second kappa shape index (κ2) is 6.86. The van der Waals surface area contributed by atoms with Crippen molar-refractivity contribution in [3.63, 3.8) is 0 Å². The molecule has 0 aromatic carbocycles. The van der Waals surface area contributed by atoms with E-state index in [2.05, 4.69) is 10.3 Å². The smallest absolute Gasteiger partial charge is 0.326 e. The lowest BCUT2D eigenvalue weighted by molar-refractivity contribution is -0.141. The molecule has 1 aliphatic rings. The number of hydrogen-bond acceptors (Lipinski definition) is 5. The van der Waals surface area contributed by atoms with E-state index >= 15 is 0 Å². The predicted octanol–water partition coefficient (Wildman–Crippen LogP) is 1.13. The molecule has 2 rings (SSSR count). The summed E-state index contributed by atoms with van der Waals surface area (Å²) in [5.74, 6) is -0.907. The van der Waals surface area contributed by atoms with Gasteiger partial charge < -0.3 is 20.1 Å². The molecule has 0 spiro atoms. The van der Waals surface area contributed by atoms with E-state index in [1.165, 1.54) is 23.3 Å². The zero-order valence-electron chi connectivity index (χ0n) is 12.0. The Bertz CT molecular complexity index is 494. The van der Waals surface area contributed by atoms with E-state index in [9.17, 15) is 14.7 Å². The number of methoxy groups -OCH3 is 1. The number of carboxylic acid groups (broad SMARTS) is 1. The van der Waals surface area contributed by atoms with Crippen LogP contribution in [0.2, 0.25) is 0 Å². The normalized spacial score (nSPS) is 23.0. The Balaban J connectivity index is 1.91. The molecule has 0 saturated carbocycles. The average molecular weight is 313 g/mol. The second-order valence-electron chi connectivity index (χ2n) is 5.06. The number of carbonyl (C=O) groups is 2. The Kier molecular flexibility index (Phi) is 5.13. The molecule has 1 aromatic heterocycles. The lowest BCUT2D eigenvalue weighted by Crippen LogP contribution is -2.47. The third kappa shape index (κ3) is 3.70. The van der Waals surface area contributed by atoms with E-state index < -0.39 is 12.0 Å². The minimum absolute atomic E-state index is 0.0954. The number of thiazole rings is 1. The van der Waals surface area contributed by atoms with Crippen LogP contribution < -0.4 is 5.32 Å². The maximum Gasteiger partial charge on any atom is 0.326 e. The van der Waals surface area contributed by atoms with Crippen molar-refractivity contribution in [2.24, 2.45) is 0 Å². The third-order valence-corrected chi connectivity index (χ3v) is 4.58. The summed E-state index contributed by atoms with van der Waals surface area (Å²) in [4.78, 5) is 28.9. The third-order valence-electron chi connectivity index (χ3n) is 3.57. The SMILES string of the molecule is COC1CC(C(=O)O)N(C(=O)NCC(C)c2nccs2)C1. The molecule has 116 valence electrons. The van der Waals surface area contributed by atoms with Crippen LogP contribution >= 0.6 is 11.3 Å². The van der Waals surface area contributed by atoms with E-state index in [1.807, 2.05) is 12.3 Å². The van der Waals surface area contributed by atoms with Crippen LogP contribution in [-0.4, -0.2) is 59.3 Å². The van der Waals surface area contributed by atoms with Crippen molar-refractivity contribution in [3.05, 3.63) is 16.6 Å². The number of aromatic nitrogens is 1.